The van der Waals surface area contributed by atoms with Crippen LogP contribution in [0.2, 0.25) is 10.1 Å². The second-order valence-electron chi connectivity index (χ2n) is 17.8. The van der Waals surface area contributed by atoms with Crippen molar-refractivity contribution in [2.24, 2.45) is 23.7 Å². The molecule has 0 heterocycles. The van der Waals surface area contributed by atoms with Gasteiger partial charge in [0.1, 0.15) is 0 Å². The van der Waals surface area contributed by atoms with Crippen molar-refractivity contribution in [3.63, 3.8) is 0 Å². The van der Waals surface area contributed by atoms with Crippen molar-refractivity contribution in [2.75, 3.05) is 32.8 Å². The SMILES string of the molecule is C#CC(C)C(C(=O)OCC)C(=O)OCC.C#CC(C)CO[Si](c1ccccc1)(c1ccccc1)C(C)(C)C.C=CC(C)CO[Si](c1ccccc1)(c1ccccc1)C(C)(C)C.CCl.O=[S](O)(=[Ba])OO. The Balaban J connectivity index is 0.000000950. The van der Waals surface area contributed by atoms with Crippen molar-refractivity contribution in [2.45, 2.75) is 86.2 Å². The van der Waals surface area contributed by atoms with Crippen molar-refractivity contribution >= 4 is 107 Å². The van der Waals surface area contributed by atoms with Crippen LogP contribution in [0.1, 0.15) is 76.2 Å². The summed E-state index contributed by atoms with van der Waals surface area (Å²) in [7, 11) is -4.80. The molecule has 2 N–H and O–H groups in total. The molecule has 0 saturated carbocycles. The third-order valence-corrected chi connectivity index (χ3v) is 21.8. The van der Waals surface area contributed by atoms with Gasteiger partial charge in [-0.3, -0.25) is 9.59 Å². The molecule has 0 amide bonds. The molecule has 0 aromatic heterocycles. The monoisotopic (exact) mass is 1140 g/mol. The number of alkyl halides is 1. The van der Waals surface area contributed by atoms with E-state index in [4.69, 9.17) is 41.0 Å². The van der Waals surface area contributed by atoms with Crippen LogP contribution in [0.5, 0.6) is 0 Å². The first-order valence-corrected chi connectivity index (χ1v) is 34.3. The zero-order chi connectivity index (χ0) is 52.9. The molecule has 4 unspecified atom stereocenters. The number of carbonyl (C=O) groups is 2. The van der Waals surface area contributed by atoms with E-state index in [0.29, 0.717) is 19.1 Å². The Bertz CT molecular complexity index is 2160. The van der Waals surface area contributed by atoms with Crippen molar-refractivity contribution in [1.29, 1.82) is 0 Å². The Morgan fingerprint density at radius 3 is 1.19 bits per heavy atom. The van der Waals surface area contributed by atoms with Gasteiger partial charge in [-0.05, 0) is 64.4 Å². The summed E-state index contributed by atoms with van der Waals surface area (Å²) in [5.74, 6) is 2.79. The predicted molar refractivity (Wildman–Crippen MR) is 291 cm³/mol. The van der Waals surface area contributed by atoms with Crippen molar-refractivity contribution in [3.8, 4) is 24.7 Å². The Morgan fingerprint density at radius 1 is 0.681 bits per heavy atom. The first-order chi connectivity index (χ1) is 32.5. The summed E-state index contributed by atoms with van der Waals surface area (Å²) in [4.78, 5) is 22.9. The summed E-state index contributed by atoms with van der Waals surface area (Å²) < 4.78 is 40.7. The molecule has 10 nitrogen and oxygen atoms in total. The van der Waals surface area contributed by atoms with E-state index in [1.807, 2.05) is 13.0 Å². The van der Waals surface area contributed by atoms with Crippen LogP contribution in [0, 0.1) is 48.4 Å². The Morgan fingerprint density at radius 2 is 0.971 bits per heavy atom. The van der Waals surface area contributed by atoms with Gasteiger partial charge in [0.05, 0.1) is 13.2 Å². The average Bonchev–Trinajstić information content (AvgIpc) is 3.33. The Hall–Kier alpha value is -3.07. The van der Waals surface area contributed by atoms with Gasteiger partial charge in [-0.1, -0.05) is 176 Å². The van der Waals surface area contributed by atoms with Gasteiger partial charge in [0.25, 0.3) is 16.6 Å². The summed E-state index contributed by atoms with van der Waals surface area (Å²) in [6, 6.07) is 42.8. The van der Waals surface area contributed by atoms with E-state index in [0.717, 1.165) is 0 Å². The molecule has 0 saturated heterocycles. The molecule has 0 aliphatic heterocycles. The molecule has 4 aromatic rings. The molecule has 0 aliphatic carbocycles. The van der Waals surface area contributed by atoms with Crippen LogP contribution >= 0.6 is 11.6 Å². The van der Waals surface area contributed by atoms with E-state index < -0.39 is 86.3 Å². The molecule has 4 rings (SSSR count). The van der Waals surface area contributed by atoms with Crippen LogP contribution in [0.4, 0.5) is 0 Å². The van der Waals surface area contributed by atoms with Crippen molar-refractivity contribution < 1.29 is 46.3 Å². The number of halogens is 1. The number of hydrogen-bond acceptors (Lipinski definition) is 9. The minimum absolute atomic E-state index is 0.00399. The Labute approximate surface area is 450 Å². The summed E-state index contributed by atoms with van der Waals surface area (Å²) in [6.07, 6.45) is 14.2. The van der Waals surface area contributed by atoms with Crippen molar-refractivity contribution in [3.05, 3.63) is 134 Å². The number of terminal acetylenes is 2. The fourth-order valence-electron chi connectivity index (χ4n) is 7.21. The zero-order valence-corrected chi connectivity index (χ0v) is 50.8. The fraction of sp³-hybridized carbons (Fsp3) is 0.407. The molecule has 0 radical (unpaired) electrons. The van der Waals surface area contributed by atoms with E-state index in [2.05, 4.69) is 204 Å². The first kappa shape index (κ1) is 65.9. The molecule has 0 bridgehead atoms. The van der Waals surface area contributed by atoms with E-state index in [1.165, 1.54) is 27.1 Å². The molecule has 0 spiro atoms. The van der Waals surface area contributed by atoms with Crippen LogP contribution in [0.25, 0.3) is 0 Å². The standard InChI is InChI=1S/C21H28OSi.C21H26OSi.C11H16O4.CH3Cl.Ba.H2O4S/c2*1-6-18(2)17-22-23(21(3,4)5,19-13-9-7-10-14-19)20-15-11-8-12-16-20;1-5-8(4)9(10(12)14-6-2)11(13)15-7-3;1-2;;1-4-5(2)3/h6-16,18H,1,17H2,2-5H3;1,7-16,18H,17H2,2-5H3;1,8-9H,6-7H2,2-4H3;1H3;;1H,(H,2,3). The second-order valence-corrected chi connectivity index (χ2v) is 34.6. The van der Waals surface area contributed by atoms with Gasteiger partial charge in [-0.15, -0.1) is 42.9 Å². The van der Waals surface area contributed by atoms with Crippen LogP contribution in [-0.2, 0) is 34.5 Å². The summed E-state index contributed by atoms with van der Waals surface area (Å²) in [5.41, 5.74) is 0. The number of benzene rings is 4. The number of carbonyl (C=O) groups excluding carboxylic acids is 2. The van der Waals surface area contributed by atoms with Crippen LogP contribution in [0.3, 0.4) is 0 Å². The van der Waals surface area contributed by atoms with Gasteiger partial charge >= 0.3 is 76.2 Å². The molecule has 0 aliphatic rings. The van der Waals surface area contributed by atoms with Crippen LogP contribution in [-0.4, -0.2) is 119 Å². The van der Waals surface area contributed by atoms with E-state index in [-0.39, 0.29) is 29.2 Å². The van der Waals surface area contributed by atoms with Gasteiger partial charge in [0.2, 0.25) is 0 Å². The zero-order valence-electron chi connectivity index (χ0n) is 42.8. The average molecular weight is 1150 g/mol. The predicted octanol–water partition coefficient (Wildman–Crippen LogP) is 9.30. The maximum absolute atomic E-state index is 11.4. The van der Waals surface area contributed by atoms with E-state index >= 15 is 0 Å². The number of esters is 2. The molecule has 15 heteroatoms. The molecular weight excluding hydrogens is 1070 g/mol. The van der Waals surface area contributed by atoms with Crippen LogP contribution in [0.15, 0.2) is 134 Å². The summed E-state index contributed by atoms with van der Waals surface area (Å²) >= 11 is 4.21. The fourth-order valence-corrected chi connectivity index (χ4v) is 16.5. The molecule has 4 atom stereocenters. The molecule has 374 valence electrons. The quantitative estimate of drug-likeness (QED) is 0.0154. The van der Waals surface area contributed by atoms with E-state index in [9.17, 15) is 13.8 Å². The third kappa shape index (κ3) is 21.3. The minimum atomic E-state index is -3.16. The molecule has 0 fully saturated rings. The molecule has 4 aromatic carbocycles. The van der Waals surface area contributed by atoms with Gasteiger partial charge in [0, 0.05) is 31.4 Å². The van der Waals surface area contributed by atoms with Crippen molar-refractivity contribution in [1.82, 2.24) is 0 Å². The van der Waals surface area contributed by atoms with Gasteiger partial charge in [0.15, 0.2) is 5.92 Å². The van der Waals surface area contributed by atoms with E-state index in [1.54, 1.807) is 20.8 Å². The number of hydrogen-bond donors (Lipinski definition) is 2. The third-order valence-electron chi connectivity index (χ3n) is 10.6. The first-order valence-electron chi connectivity index (χ1n) is 22.7. The topological polar surface area (TPSA) is 138 Å². The second kappa shape index (κ2) is 33.6. The van der Waals surface area contributed by atoms with Gasteiger partial charge in [-0.2, -0.15) is 0 Å². The molecular formula is C54H75BaClO10SSi2. The molecule has 69 heavy (non-hydrogen) atoms. The maximum atomic E-state index is 11.4. The van der Waals surface area contributed by atoms with Gasteiger partial charge < -0.3 is 18.3 Å². The number of ether oxygens (including phenoxy) is 2. The van der Waals surface area contributed by atoms with Gasteiger partial charge in [-0.25, -0.2) is 0 Å². The summed E-state index contributed by atoms with van der Waals surface area (Å²) in [5, 5.41) is 12.7. The number of rotatable bonds is 17. The normalized spacial score (nSPS) is 13.3. The Kier molecular flexibility index (Phi) is 32.1. The van der Waals surface area contributed by atoms with Crippen LogP contribution < -0.4 is 20.7 Å². The summed E-state index contributed by atoms with van der Waals surface area (Å²) in [6.45, 7) is 28.5.